The fourth-order valence-electron chi connectivity index (χ4n) is 1.28. The van der Waals surface area contributed by atoms with Gasteiger partial charge < -0.3 is 10.6 Å². The van der Waals surface area contributed by atoms with Crippen molar-refractivity contribution in [3.05, 3.63) is 29.8 Å². The summed E-state index contributed by atoms with van der Waals surface area (Å²) in [6.07, 6.45) is 0. The van der Waals surface area contributed by atoms with Gasteiger partial charge in [-0.2, -0.15) is 5.10 Å². The minimum Gasteiger partial charge on any atom is -0.364 e. The summed E-state index contributed by atoms with van der Waals surface area (Å²) >= 11 is 4.92. The van der Waals surface area contributed by atoms with Crippen molar-refractivity contribution in [1.82, 2.24) is 10.7 Å². The first kappa shape index (κ1) is 14.1. The van der Waals surface area contributed by atoms with Crippen LogP contribution < -0.4 is 16.1 Å². The molecule has 0 aliphatic rings. The van der Waals surface area contributed by atoms with Crippen LogP contribution in [0.1, 0.15) is 19.4 Å². The molecule has 0 aromatic heterocycles. The number of thiocarbonyl (C=S) groups is 1. The van der Waals surface area contributed by atoms with Crippen LogP contribution in [0.4, 0.5) is 5.69 Å². The lowest BCUT2D eigenvalue weighted by molar-refractivity contribution is -0.114. The average molecular weight is 264 g/mol. The summed E-state index contributed by atoms with van der Waals surface area (Å²) in [5.74, 6) is -0.101. The number of amides is 1. The van der Waals surface area contributed by atoms with E-state index in [1.165, 1.54) is 6.92 Å². The summed E-state index contributed by atoms with van der Waals surface area (Å²) in [7, 11) is 1.72. The molecule has 1 amide bonds. The maximum Gasteiger partial charge on any atom is 0.221 e. The number of rotatable bonds is 3. The highest BCUT2D eigenvalue weighted by Gasteiger charge is 2.01. The van der Waals surface area contributed by atoms with Crippen molar-refractivity contribution in [2.45, 2.75) is 13.8 Å². The molecular weight excluding hydrogens is 248 g/mol. The first-order valence-corrected chi connectivity index (χ1v) is 5.84. The molecule has 0 saturated heterocycles. The number of anilines is 1. The number of nitrogens with one attached hydrogen (secondary N) is 3. The summed E-state index contributed by atoms with van der Waals surface area (Å²) in [6, 6.07) is 7.44. The minimum absolute atomic E-state index is 0.101. The number of nitrogens with zero attached hydrogens (tertiary/aromatic N) is 1. The predicted molar refractivity (Wildman–Crippen MR) is 77.8 cm³/mol. The predicted octanol–water partition coefficient (Wildman–Crippen LogP) is 1.46. The molecule has 1 aromatic rings. The van der Waals surface area contributed by atoms with Crippen LogP contribution in [0.3, 0.4) is 0 Å². The van der Waals surface area contributed by atoms with Gasteiger partial charge in [-0.1, -0.05) is 12.1 Å². The Labute approximate surface area is 112 Å². The molecule has 6 heteroatoms. The largest absolute Gasteiger partial charge is 0.364 e. The van der Waals surface area contributed by atoms with Gasteiger partial charge in [0.1, 0.15) is 0 Å². The fourth-order valence-corrected chi connectivity index (χ4v) is 1.33. The number of carbonyl (C=O) groups is 1. The van der Waals surface area contributed by atoms with Crippen molar-refractivity contribution in [3.8, 4) is 0 Å². The maximum absolute atomic E-state index is 11.0. The van der Waals surface area contributed by atoms with E-state index in [-0.39, 0.29) is 5.91 Å². The third-order valence-corrected chi connectivity index (χ3v) is 2.45. The lowest BCUT2D eigenvalue weighted by Crippen LogP contribution is -2.29. The number of carbonyl (C=O) groups excluding carboxylic acids is 1. The monoisotopic (exact) mass is 264 g/mol. The molecule has 3 N–H and O–H groups in total. The highest BCUT2D eigenvalue weighted by atomic mass is 32.1. The minimum atomic E-state index is -0.101. The highest BCUT2D eigenvalue weighted by Crippen LogP contribution is 2.11. The van der Waals surface area contributed by atoms with E-state index in [9.17, 15) is 4.79 Å². The van der Waals surface area contributed by atoms with Gasteiger partial charge in [0.25, 0.3) is 0 Å². The van der Waals surface area contributed by atoms with Crippen LogP contribution in [0.5, 0.6) is 0 Å². The van der Waals surface area contributed by atoms with Crippen molar-refractivity contribution in [2.75, 3.05) is 12.4 Å². The summed E-state index contributed by atoms with van der Waals surface area (Å²) in [6.45, 7) is 3.33. The Bertz CT molecular complexity index is 485. The molecule has 18 heavy (non-hydrogen) atoms. The zero-order valence-electron chi connectivity index (χ0n) is 10.6. The van der Waals surface area contributed by atoms with Crippen molar-refractivity contribution < 1.29 is 4.79 Å². The molecule has 0 radical (unpaired) electrons. The Kier molecular flexibility index (Phi) is 5.26. The van der Waals surface area contributed by atoms with Crippen molar-refractivity contribution in [2.24, 2.45) is 5.10 Å². The van der Waals surface area contributed by atoms with Gasteiger partial charge in [0.05, 0.1) is 5.71 Å². The van der Waals surface area contributed by atoms with E-state index >= 15 is 0 Å². The maximum atomic E-state index is 11.0. The standard InChI is InChI=1S/C12H16N4OS/c1-8(15-16-12(18)13-3)10-5-4-6-11(7-10)14-9(2)17/h4-7H,1-3H3,(H,14,17)(H2,13,16,18)/b15-8-. The average Bonchev–Trinajstić information content (AvgIpc) is 2.35. The fraction of sp³-hybridized carbons (Fsp3) is 0.250. The van der Waals surface area contributed by atoms with Gasteiger partial charge in [-0.05, 0) is 36.8 Å². The van der Waals surface area contributed by atoms with Gasteiger partial charge >= 0.3 is 0 Å². The molecule has 96 valence electrons. The zero-order chi connectivity index (χ0) is 13.5. The topological polar surface area (TPSA) is 65.5 Å². The van der Waals surface area contributed by atoms with Gasteiger partial charge in [0.2, 0.25) is 5.91 Å². The molecule has 0 spiro atoms. The molecule has 0 fully saturated rings. The lowest BCUT2D eigenvalue weighted by atomic mass is 10.1. The number of hydrogen-bond acceptors (Lipinski definition) is 3. The Morgan fingerprint density at radius 2 is 2.06 bits per heavy atom. The van der Waals surface area contributed by atoms with Crippen LogP contribution in [-0.4, -0.2) is 23.8 Å². The van der Waals surface area contributed by atoms with Crippen LogP contribution in [0, 0.1) is 0 Å². The summed E-state index contributed by atoms with van der Waals surface area (Å²) in [5.41, 5.74) is 5.14. The quantitative estimate of drug-likeness (QED) is 0.439. The van der Waals surface area contributed by atoms with Crippen LogP contribution in [-0.2, 0) is 4.79 Å². The van der Waals surface area contributed by atoms with Crippen LogP contribution in [0.15, 0.2) is 29.4 Å². The van der Waals surface area contributed by atoms with E-state index in [0.717, 1.165) is 17.0 Å². The Balaban J connectivity index is 2.82. The number of benzene rings is 1. The van der Waals surface area contributed by atoms with Gasteiger partial charge in [-0.25, -0.2) is 0 Å². The van der Waals surface area contributed by atoms with E-state index < -0.39 is 0 Å². The summed E-state index contributed by atoms with van der Waals surface area (Å²) in [4.78, 5) is 11.0. The van der Waals surface area contributed by atoms with E-state index in [0.29, 0.717) is 5.11 Å². The Morgan fingerprint density at radius 3 is 2.67 bits per heavy atom. The second kappa shape index (κ2) is 6.70. The smallest absolute Gasteiger partial charge is 0.221 e. The second-order valence-corrected chi connectivity index (χ2v) is 4.06. The van der Waals surface area contributed by atoms with Gasteiger partial charge in [-0.15, -0.1) is 0 Å². The third-order valence-electron chi connectivity index (χ3n) is 2.15. The van der Waals surface area contributed by atoms with Crippen LogP contribution in [0.25, 0.3) is 0 Å². The number of hydrogen-bond donors (Lipinski definition) is 3. The molecule has 0 aliphatic heterocycles. The molecular formula is C12H16N4OS. The Hall–Kier alpha value is -1.95. The molecule has 0 atom stereocenters. The van der Waals surface area contributed by atoms with Crippen LogP contribution in [0.2, 0.25) is 0 Å². The SMILES string of the molecule is CNC(=S)N/N=C(/C)c1cccc(NC(C)=O)c1. The van der Waals surface area contributed by atoms with Crippen molar-refractivity contribution in [1.29, 1.82) is 0 Å². The molecule has 1 rings (SSSR count). The Morgan fingerprint density at radius 1 is 1.33 bits per heavy atom. The highest BCUT2D eigenvalue weighted by molar-refractivity contribution is 7.80. The van der Waals surface area contributed by atoms with E-state index in [1.54, 1.807) is 7.05 Å². The summed E-state index contributed by atoms with van der Waals surface area (Å²) in [5, 5.41) is 10.1. The van der Waals surface area contributed by atoms with Gasteiger partial charge in [-0.3, -0.25) is 10.2 Å². The summed E-state index contributed by atoms with van der Waals surface area (Å²) < 4.78 is 0. The van der Waals surface area contributed by atoms with E-state index in [1.807, 2.05) is 31.2 Å². The molecule has 5 nitrogen and oxygen atoms in total. The molecule has 0 saturated carbocycles. The first-order valence-electron chi connectivity index (χ1n) is 5.43. The van der Waals surface area contributed by atoms with Gasteiger partial charge in [0.15, 0.2) is 5.11 Å². The molecule has 1 aromatic carbocycles. The zero-order valence-corrected chi connectivity index (χ0v) is 11.4. The van der Waals surface area contributed by atoms with E-state index in [4.69, 9.17) is 12.2 Å². The normalized spacial score (nSPS) is 10.7. The second-order valence-electron chi connectivity index (χ2n) is 3.65. The molecule has 0 bridgehead atoms. The lowest BCUT2D eigenvalue weighted by Gasteiger charge is -2.06. The molecule has 0 heterocycles. The molecule has 0 unspecified atom stereocenters. The van der Waals surface area contributed by atoms with E-state index in [2.05, 4.69) is 21.2 Å². The molecule has 0 aliphatic carbocycles. The number of hydrazone groups is 1. The van der Waals surface area contributed by atoms with Gasteiger partial charge in [0, 0.05) is 19.7 Å². The van der Waals surface area contributed by atoms with Crippen LogP contribution >= 0.6 is 12.2 Å². The van der Waals surface area contributed by atoms with Crippen molar-refractivity contribution >= 4 is 34.6 Å². The first-order chi connectivity index (χ1) is 8.52. The van der Waals surface area contributed by atoms with Crippen molar-refractivity contribution in [3.63, 3.8) is 0 Å². The third kappa shape index (κ3) is 4.50.